The molecule has 0 saturated heterocycles. The second-order valence-corrected chi connectivity index (χ2v) is 6.88. The van der Waals surface area contributed by atoms with Crippen molar-refractivity contribution in [3.8, 4) is 10.8 Å². The minimum absolute atomic E-state index is 0.0882. The van der Waals surface area contributed by atoms with Crippen molar-refractivity contribution in [3.05, 3.63) is 62.8 Å². The number of thiophene rings is 1. The molecule has 0 aliphatic rings. The first-order valence-corrected chi connectivity index (χ1v) is 8.88. The number of anilines is 1. The topological polar surface area (TPSA) is 98.7 Å². The lowest BCUT2D eigenvalue weighted by molar-refractivity contribution is -0.384. The molecule has 3 aromatic rings. The fourth-order valence-corrected chi connectivity index (χ4v) is 3.12. The number of oxazole rings is 1. The molecule has 0 bridgehead atoms. The van der Waals surface area contributed by atoms with Gasteiger partial charge in [-0.2, -0.15) is 0 Å². The van der Waals surface area contributed by atoms with Crippen LogP contribution in [0.1, 0.15) is 21.8 Å². The lowest BCUT2D eigenvalue weighted by atomic mass is 10.1. The Morgan fingerprint density at radius 2 is 2.15 bits per heavy atom. The molecule has 1 aromatic carbocycles. The molecule has 0 radical (unpaired) electrons. The molecule has 0 fully saturated rings. The summed E-state index contributed by atoms with van der Waals surface area (Å²) in [4.78, 5) is 29.9. The number of rotatable bonds is 6. The molecule has 2 aromatic heterocycles. The molecule has 0 aliphatic heterocycles. The van der Waals surface area contributed by atoms with E-state index < -0.39 is 10.9 Å². The van der Waals surface area contributed by atoms with Gasteiger partial charge in [0.2, 0.25) is 5.89 Å². The Balaban J connectivity index is 1.80. The zero-order chi connectivity index (χ0) is 19.6. The van der Waals surface area contributed by atoms with Crippen molar-refractivity contribution in [2.45, 2.75) is 13.5 Å². The second-order valence-electron chi connectivity index (χ2n) is 5.93. The van der Waals surface area contributed by atoms with E-state index in [1.54, 1.807) is 25.9 Å². The van der Waals surface area contributed by atoms with Crippen LogP contribution < -0.4 is 4.90 Å². The van der Waals surface area contributed by atoms with E-state index in [2.05, 4.69) is 4.98 Å². The van der Waals surface area contributed by atoms with Crippen LogP contribution in [0.3, 0.4) is 0 Å². The number of benzene rings is 1. The lowest BCUT2D eigenvalue weighted by Gasteiger charge is -2.16. The SMILES string of the molecule is Cc1oc(-c2cccs2)nc1COC(=O)c1cc([N+](=O)[O-])ccc1N(C)C. The number of hydrogen-bond donors (Lipinski definition) is 0. The Kier molecular flexibility index (Phi) is 5.22. The molecule has 8 nitrogen and oxygen atoms in total. The third-order valence-electron chi connectivity index (χ3n) is 3.86. The molecule has 0 N–H and O–H groups in total. The van der Waals surface area contributed by atoms with Crippen molar-refractivity contribution in [1.82, 2.24) is 4.98 Å². The molecule has 0 atom stereocenters. The quantitative estimate of drug-likeness (QED) is 0.357. The summed E-state index contributed by atoms with van der Waals surface area (Å²) in [5.41, 5.74) is 0.976. The highest BCUT2D eigenvalue weighted by molar-refractivity contribution is 7.13. The molecule has 27 heavy (non-hydrogen) atoms. The molecule has 2 heterocycles. The number of nitro groups is 1. The van der Waals surface area contributed by atoms with Crippen LogP contribution in [0, 0.1) is 17.0 Å². The Morgan fingerprint density at radius 1 is 1.37 bits per heavy atom. The van der Waals surface area contributed by atoms with Crippen molar-refractivity contribution < 1.29 is 18.9 Å². The van der Waals surface area contributed by atoms with Gasteiger partial charge in [-0.25, -0.2) is 9.78 Å². The van der Waals surface area contributed by atoms with E-state index >= 15 is 0 Å². The van der Waals surface area contributed by atoms with Crippen molar-refractivity contribution in [2.24, 2.45) is 0 Å². The van der Waals surface area contributed by atoms with Crippen LogP contribution in [-0.2, 0) is 11.3 Å². The number of carbonyl (C=O) groups excluding carboxylic acids is 1. The molecule has 0 unspecified atom stereocenters. The minimum Gasteiger partial charge on any atom is -0.455 e. The second kappa shape index (κ2) is 7.58. The summed E-state index contributed by atoms with van der Waals surface area (Å²) in [5, 5.41) is 12.9. The van der Waals surface area contributed by atoms with Gasteiger partial charge in [-0.15, -0.1) is 11.3 Å². The summed E-state index contributed by atoms with van der Waals surface area (Å²) in [6, 6.07) is 7.86. The summed E-state index contributed by atoms with van der Waals surface area (Å²) in [6.45, 7) is 1.65. The maximum Gasteiger partial charge on any atom is 0.340 e. The highest BCUT2D eigenvalue weighted by atomic mass is 32.1. The molecule has 0 saturated carbocycles. The van der Waals surface area contributed by atoms with Gasteiger partial charge < -0.3 is 14.1 Å². The maximum absolute atomic E-state index is 12.5. The minimum atomic E-state index is -0.664. The van der Waals surface area contributed by atoms with Crippen molar-refractivity contribution in [3.63, 3.8) is 0 Å². The first kappa shape index (κ1) is 18.6. The van der Waals surface area contributed by atoms with Crippen LogP contribution in [0.25, 0.3) is 10.8 Å². The van der Waals surface area contributed by atoms with Gasteiger partial charge in [-0.05, 0) is 24.4 Å². The third-order valence-corrected chi connectivity index (χ3v) is 4.72. The van der Waals surface area contributed by atoms with E-state index in [-0.39, 0.29) is 17.9 Å². The van der Waals surface area contributed by atoms with Gasteiger partial charge in [0.05, 0.1) is 21.1 Å². The third kappa shape index (κ3) is 3.98. The summed E-state index contributed by atoms with van der Waals surface area (Å²) in [7, 11) is 3.49. The van der Waals surface area contributed by atoms with Gasteiger partial charge in [0.1, 0.15) is 18.1 Å². The molecule has 9 heteroatoms. The molecule has 3 rings (SSSR count). The number of non-ortho nitro benzene ring substituents is 1. The Labute approximate surface area is 159 Å². The van der Waals surface area contributed by atoms with Gasteiger partial charge in [-0.3, -0.25) is 10.1 Å². The molecule has 0 aliphatic carbocycles. The van der Waals surface area contributed by atoms with Crippen LogP contribution in [0.5, 0.6) is 0 Å². The monoisotopic (exact) mass is 387 g/mol. The Morgan fingerprint density at radius 3 is 2.78 bits per heavy atom. The predicted molar refractivity (Wildman–Crippen MR) is 101 cm³/mol. The standard InChI is InChI=1S/C18H17N3O5S/c1-11-14(19-17(26-11)16-5-4-8-27-16)10-25-18(22)13-9-12(21(23)24)6-7-15(13)20(2)3/h4-9H,10H2,1-3H3. The Hall–Kier alpha value is -3.20. The average Bonchev–Trinajstić information content (AvgIpc) is 3.28. The van der Waals surface area contributed by atoms with Gasteiger partial charge in [0, 0.05) is 26.2 Å². The van der Waals surface area contributed by atoms with E-state index in [0.29, 0.717) is 23.0 Å². The van der Waals surface area contributed by atoms with Crippen LogP contribution >= 0.6 is 11.3 Å². The van der Waals surface area contributed by atoms with Crippen molar-refractivity contribution >= 4 is 28.7 Å². The van der Waals surface area contributed by atoms with Crippen molar-refractivity contribution in [1.29, 1.82) is 0 Å². The number of esters is 1. The van der Waals surface area contributed by atoms with Crippen LogP contribution in [0.15, 0.2) is 40.1 Å². The number of aromatic nitrogens is 1. The average molecular weight is 387 g/mol. The van der Waals surface area contributed by atoms with Gasteiger partial charge in [0.15, 0.2) is 0 Å². The lowest BCUT2D eigenvalue weighted by Crippen LogP contribution is -2.16. The van der Waals surface area contributed by atoms with E-state index in [9.17, 15) is 14.9 Å². The predicted octanol–water partition coefficient (Wildman–Crippen LogP) is 4.04. The van der Waals surface area contributed by atoms with Gasteiger partial charge in [-0.1, -0.05) is 6.07 Å². The molecular weight excluding hydrogens is 370 g/mol. The normalized spacial score (nSPS) is 10.6. The highest BCUT2D eigenvalue weighted by Gasteiger charge is 2.20. The Bertz CT molecular complexity index is 979. The van der Waals surface area contributed by atoms with E-state index in [4.69, 9.17) is 9.15 Å². The number of nitrogens with zero attached hydrogens (tertiary/aromatic N) is 3. The van der Waals surface area contributed by atoms with Crippen LogP contribution in [0.2, 0.25) is 0 Å². The first-order valence-electron chi connectivity index (χ1n) is 8.00. The van der Waals surface area contributed by atoms with Crippen LogP contribution in [-0.4, -0.2) is 30.0 Å². The zero-order valence-electron chi connectivity index (χ0n) is 15.0. The van der Waals surface area contributed by atoms with E-state index in [1.807, 2.05) is 17.5 Å². The first-order chi connectivity index (χ1) is 12.9. The number of aryl methyl sites for hydroxylation is 1. The summed E-state index contributed by atoms with van der Waals surface area (Å²) >= 11 is 1.50. The van der Waals surface area contributed by atoms with Gasteiger partial charge >= 0.3 is 5.97 Å². The van der Waals surface area contributed by atoms with E-state index in [1.165, 1.54) is 29.5 Å². The fourth-order valence-electron chi connectivity index (χ4n) is 2.47. The summed E-state index contributed by atoms with van der Waals surface area (Å²) < 4.78 is 11.0. The smallest absolute Gasteiger partial charge is 0.340 e. The largest absolute Gasteiger partial charge is 0.455 e. The number of ether oxygens (including phenoxy) is 1. The zero-order valence-corrected chi connectivity index (χ0v) is 15.8. The van der Waals surface area contributed by atoms with E-state index in [0.717, 1.165) is 4.88 Å². The number of carbonyl (C=O) groups is 1. The molecule has 140 valence electrons. The summed E-state index contributed by atoms with van der Waals surface area (Å²) in [5.74, 6) is 0.360. The fraction of sp³-hybridized carbons (Fsp3) is 0.222. The van der Waals surface area contributed by atoms with Crippen molar-refractivity contribution in [2.75, 3.05) is 19.0 Å². The van der Waals surface area contributed by atoms with Gasteiger partial charge in [0.25, 0.3) is 5.69 Å². The maximum atomic E-state index is 12.5. The molecule has 0 amide bonds. The number of hydrogen-bond acceptors (Lipinski definition) is 8. The molecular formula is C18H17N3O5S. The highest BCUT2D eigenvalue weighted by Crippen LogP contribution is 2.28. The molecule has 0 spiro atoms. The summed E-state index contributed by atoms with van der Waals surface area (Å²) in [6.07, 6.45) is 0. The van der Waals surface area contributed by atoms with Crippen LogP contribution in [0.4, 0.5) is 11.4 Å². The number of nitro benzene ring substituents is 1.